The quantitative estimate of drug-likeness (QED) is 0.199. The summed E-state index contributed by atoms with van der Waals surface area (Å²) in [6, 6.07) is 0. The average molecular weight is 354 g/mol. The van der Waals surface area contributed by atoms with E-state index in [0.29, 0.717) is 0 Å². The minimum Gasteiger partial charge on any atom is -0.394 e. The van der Waals surface area contributed by atoms with Crippen LogP contribution in [0.4, 0.5) is 0 Å². The number of hydrogen-bond acceptors (Lipinski definition) is 9. The second-order valence-corrected chi connectivity index (χ2v) is 7.11. The Morgan fingerprint density at radius 2 is 1.74 bits per heavy atom. The van der Waals surface area contributed by atoms with Crippen molar-refractivity contribution >= 4 is 19.6 Å². The van der Waals surface area contributed by atoms with Crippen molar-refractivity contribution in [1.82, 2.24) is 0 Å². The van der Waals surface area contributed by atoms with Crippen LogP contribution in [0, 0.1) is 0 Å². The molecule has 6 N–H and O–H groups in total. The molecule has 136 valence electrons. The first-order chi connectivity index (χ1) is 10.7. The third-order valence-electron chi connectivity index (χ3n) is 3.92. The summed E-state index contributed by atoms with van der Waals surface area (Å²) in [5.74, 6) is -0.529. The van der Waals surface area contributed by atoms with Gasteiger partial charge < -0.3 is 40.1 Å². The molecular formula is C13H27BO8S. The number of ether oxygens (including phenoxy) is 2. The van der Waals surface area contributed by atoms with Crippen LogP contribution in [0.3, 0.4) is 0 Å². The first-order valence-corrected chi connectivity index (χ1v) is 8.57. The van der Waals surface area contributed by atoms with Crippen LogP contribution < -0.4 is 0 Å². The van der Waals surface area contributed by atoms with Crippen molar-refractivity contribution in [2.24, 2.45) is 0 Å². The average Bonchev–Trinajstić information content (AvgIpc) is 2.50. The van der Waals surface area contributed by atoms with E-state index in [1.165, 1.54) is 13.8 Å². The predicted molar refractivity (Wildman–Crippen MR) is 86.8 cm³/mol. The molecule has 5 unspecified atom stereocenters. The van der Waals surface area contributed by atoms with Crippen LogP contribution in [0.15, 0.2) is 0 Å². The van der Waals surface area contributed by atoms with E-state index in [0.717, 1.165) is 11.8 Å². The van der Waals surface area contributed by atoms with E-state index in [-0.39, 0.29) is 0 Å². The molecule has 1 rings (SSSR count). The SMILES string of the molecule is BC1C(O)[C@@H](CO)O[C@@H](SC(OC(CO)[C@@H](C)O)[C@H](C)O)C1O. The highest BCUT2D eigenvalue weighted by Crippen LogP contribution is 2.37. The van der Waals surface area contributed by atoms with Crippen LogP contribution >= 0.6 is 11.8 Å². The third-order valence-corrected chi connectivity index (χ3v) is 5.35. The molecule has 0 aromatic heterocycles. The largest absolute Gasteiger partial charge is 0.394 e. The molecule has 1 aliphatic rings. The van der Waals surface area contributed by atoms with Crippen LogP contribution in [-0.4, -0.2) is 99.2 Å². The van der Waals surface area contributed by atoms with Crippen molar-refractivity contribution in [3.63, 3.8) is 0 Å². The molecule has 0 aromatic rings. The van der Waals surface area contributed by atoms with Crippen LogP contribution in [0.1, 0.15) is 13.8 Å². The molecule has 0 aromatic carbocycles. The Morgan fingerprint density at radius 3 is 2.17 bits per heavy atom. The Bertz CT molecular complexity index is 346. The van der Waals surface area contributed by atoms with Crippen molar-refractivity contribution in [2.45, 2.75) is 67.2 Å². The van der Waals surface area contributed by atoms with Gasteiger partial charge >= 0.3 is 0 Å². The monoisotopic (exact) mass is 354 g/mol. The zero-order valence-electron chi connectivity index (χ0n) is 13.5. The van der Waals surface area contributed by atoms with Crippen molar-refractivity contribution in [3.05, 3.63) is 0 Å². The Morgan fingerprint density at radius 1 is 1.13 bits per heavy atom. The van der Waals surface area contributed by atoms with E-state index in [2.05, 4.69) is 0 Å². The van der Waals surface area contributed by atoms with Gasteiger partial charge in [-0.05, 0) is 19.7 Å². The zero-order valence-corrected chi connectivity index (χ0v) is 14.3. The van der Waals surface area contributed by atoms with Gasteiger partial charge in [0.25, 0.3) is 0 Å². The summed E-state index contributed by atoms with van der Waals surface area (Å²) in [6.45, 7) is 2.11. The van der Waals surface area contributed by atoms with Gasteiger partial charge in [0.15, 0.2) is 0 Å². The van der Waals surface area contributed by atoms with Crippen molar-refractivity contribution in [2.75, 3.05) is 13.2 Å². The highest BCUT2D eigenvalue weighted by Gasteiger charge is 2.43. The molecule has 0 saturated carbocycles. The summed E-state index contributed by atoms with van der Waals surface area (Å²) in [5, 5.41) is 58.0. The Hall–Kier alpha value is 0.0949. The molecule has 1 fully saturated rings. The number of thioether (sulfide) groups is 1. The van der Waals surface area contributed by atoms with Gasteiger partial charge in [-0.2, -0.15) is 0 Å². The van der Waals surface area contributed by atoms with Crippen molar-refractivity contribution in [1.29, 1.82) is 0 Å². The minimum absolute atomic E-state index is 0.400. The lowest BCUT2D eigenvalue weighted by atomic mass is 9.75. The molecule has 0 radical (unpaired) electrons. The van der Waals surface area contributed by atoms with Crippen LogP contribution in [0.2, 0.25) is 5.82 Å². The smallest absolute Gasteiger partial charge is 0.131 e. The van der Waals surface area contributed by atoms with Gasteiger partial charge in [0.2, 0.25) is 0 Å². The summed E-state index contributed by atoms with van der Waals surface area (Å²) in [5.41, 5.74) is -1.71. The zero-order chi connectivity index (χ0) is 17.7. The van der Waals surface area contributed by atoms with Crippen molar-refractivity contribution in [3.8, 4) is 0 Å². The molecule has 1 heterocycles. The molecular weight excluding hydrogens is 327 g/mol. The van der Waals surface area contributed by atoms with Gasteiger partial charge in [0, 0.05) is 0 Å². The lowest BCUT2D eigenvalue weighted by Crippen LogP contribution is -2.52. The Balaban J connectivity index is 2.78. The normalized spacial score (nSPS) is 37.1. The van der Waals surface area contributed by atoms with Crippen LogP contribution in [0.25, 0.3) is 0 Å². The topological polar surface area (TPSA) is 140 Å². The van der Waals surface area contributed by atoms with Gasteiger partial charge in [-0.25, -0.2) is 0 Å². The first-order valence-electron chi connectivity index (χ1n) is 7.63. The van der Waals surface area contributed by atoms with E-state index >= 15 is 0 Å². The number of rotatable bonds is 8. The highest BCUT2D eigenvalue weighted by molar-refractivity contribution is 8.00. The summed E-state index contributed by atoms with van der Waals surface area (Å²) in [7, 11) is 1.64. The molecule has 1 aliphatic heterocycles. The van der Waals surface area contributed by atoms with E-state index in [4.69, 9.17) is 9.47 Å². The van der Waals surface area contributed by atoms with E-state index in [9.17, 15) is 30.6 Å². The van der Waals surface area contributed by atoms with Crippen LogP contribution in [0.5, 0.6) is 0 Å². The van der Waals surface area contributed by atoms with Gasteiger partial charge in [-0.3, -0.25) is 0 Å². The van der Waals surface area contributed by atoms with E-state index in [1.807, 2.05) is 0 Å². The van der Waals surface area contributed by atoms with Crippen molar-refractivity contribution < 1.29 is 40.1 Å². The van der Waals surface area contributed by atoms with Gasteiger partial charge in [-0.15, -0.1) is 0 Å². The lowest BCUT2D eigenvalue weighted by molar-refractivity contribution is -0.150. The minimum atomic E-state index is -1.03. The lowest BCUT2D eigenvalue weighted by Gasteiger charge is -2.42. The van der Waals surface area contributed by atoms with Gasteiger partial charge in [0.05, 0.1) is 37.6 Å². The Kier molecular flexibility index (Phi) is 8.77. The second-order valence-electron chi connectivity index (χ2n) is 5.91. The molecule has 10 heteroatoms. The fraction of sp³-hybridized carbons (Fsp3) is 1.00. The summed E-state index contributed by atoms with van der Waals surface area (Å²) >= 11 is 0.979. The van der Waals surface area contributed by atoms with Crippen LogP contribution in [-0.2, 0) is 9.47 Å². The number of hydrogen-bond donors (Lipinski definition) is 6. The second kappa shape index (κ2) is 9.55. The predicted octanol–water partition coefficient (Wildman–Crippen LogP) is -2.95. The highest BCUT2D eigenvalue weighted by atomic mass is 32.2. The molecule has 0 bridgehead atoms. The first kappa shape index (κ1) is 21.1. The molecule has 1 saturated heterocycles. The fourth-order valence-electron chi connectivity index (χ4n) is 2.26. The number of aliphatic hydroxyl groups is 6. The fourth-order valence-corrected chi connectivity index (χ4v) is 3.57. The Labute approximate surface area is 140 Å². The van der Waals surface area contributed by atoms with Gasteiger partial charge in [-0.1, -0.05) is 11.8 Å². The summed E-state index contributed by atoms with van der Waals surface area (Å²) in [4.78, 5) is 0. The standard InChI is InChI=1S/C13H27BO8S/c1-5(17)7(3-15)21-12(6(2)18)23-13-11(20)9(14)10(19)8(4-16)22-13/h5-13,15-20H,3-4,14H2,1-2H3/t5-,6+,7?,8-,9?,10?,11?,12?,13+/m1/s1. The molecule has 0 aliphatic carbocycles. The van der Waals surface area contributed by atoms with E-state index < -0.39 is 66.5 Å². The maximum absolute atomic E-state index is 10.2. The summed E-state index contributed by atoms with van der Waals surface area (Å²) < 4.78 is 11.0. The molecule has 9 atom stereocenters. The maximum atomic E-state index is 10.2. The third kappa shape index (κ3) is 5.55. The maximum Gasteiger partial charge on any atom is 0.131 e. The number of aliphatic hydroxyl groups excluding tert-OH is 6. The molecule has 23 heavy (non-hydrogen) atoms. The molecule has 0 amide bonds. The van der Waals surface area contributed by atoms with Gasteiger partial charge in [0.1, 0.15) is 30.9 Å². The van der Waals surface area contributed by atoms with E-state index in [1.54, 1.807) is 7.85 Å². The molecule has 8 nitrogen and oxygen atoms in total. The summed E-state index contributed by atoms with van der Waals surface area (Å²) in [6.07, 6.45) is -5.66. The molecule has 0 spiro atoms.